The van der Waals surface area contributed by atoms with Crippen molar-refractivity contribution in [1.82, 2.24) is 4.31 Å². The first-order valence-corrected chi connectivity index (χ1v) is 7.84. The van der Waals surface area contributed by atoms with Gasteiger partial charge in [0.1, 0.15) is 5.82 Å². The number of hydrogen-bond donors (Lipinski definition) is 2. The fraction of sp³-hybridized carbons (Fsp3) is 0.462. The normalized spacial score (nSPS) is 11.9. The van der Waals surface area contributed by atoms with Gasteiger partial charge in [0, 0.05) is 13.1 Å². The minimum Gasteiger partial charge on any atom is -0.478 e. The van der Waals surface area contributed by atoms with Crippen molar-refractivity contribution in [2.45, 2.75) is 25.2 Å². The van der Waals surface area contributed by atoms with Crippen LogP contribution >= 0.6 is 0 Å². The molecule has 0 fully saturated rings. The van der Waals surface area contributed by atoms with Crippen molar-refractivity contribution < 1.29 is 27.8 Å². The van der Waals surface area contributed by atoms with Crippen molar-refractivity contribution in [2.75, 3.05) is 19.7 Å². The molecule has 0 spiro atoms. The third kappa shape index (κ3) is 3.78. The smallest absolute Gasteiger partial charge is 0.338 e. The van der Waals surface area contributed by atoms with Crippen LogP contribution in [0.25, 0.3) is 0 Å². The van der Waals surface area contributed by atoms with Gasteiger partial charge in [0.25, 0.3) is 0 Å². The van der Waals surface area contributed by atoms with Crippen molar-refractivity contribution >= 4 is 16.0 Å². The van der Waals surface area contributed by atoms with Crippen molar-refractivity contribution in [3.63, 3.8) is 0 Å². The highest BCUT2D eigenvalue weighted by Gasteiger charge is 2.26. The number of aryl methyl sites for hydroxylation is 1. The van der Waals surface area contributed by atoms with Crippen molar-refractivity contribution in [3.8, 4) is 0 Å². The van der Waals surface area contributed by atoms with Crippen LogP contribution in [0.4, 0.5) is 4.39 Å². The van der Waals surface area contributed by atoms with E-state index in [0.29, 0.717) is 6.42 Å². The molecule has 0 amide bonds. The lowest BCUT2D eigenvalue weighted by atomic mass is 10.1. The minimum absolute atomic E-state index is 0.0612. The third-order valence-corrected chi connectivity index (χ3v) is 4.80. The summed E-state index contributed by atoms with van der Waals surface area (Å²) in [6.07, 6.45) is 0.533. The van der Waals surface area contributed by atoms with E-state index in [0.717, 1.165) is 16.4 Å². The number of carbonyl (C=O) groups is 1. The molecule has 6 nitrogen and oxygen atoms in total. The summed E-state index contributed by atoms with van der Waals surface area (Å²) in [6.45, 7) is 2.80. The van der Waals surface area contributed by atoms with E-state index >= 15 is 0 Å². The molecule has 0 aliphatic heterocycles. The van der Waals surface area contributed by atoms with Crippen LogP contribution < -0.4 is 0 Å². The van der Waals surface area contributed by atoms with Crippen molar-refractivity contribution in [3.05, 3.63) is 29.1 Å². The fourth-order valence-corrected chi connectivity index (χ4v) is 3.54. The lowest BCUT2D eigenvalue weighted by Crippen LogP contribution is -2.34. The highest BCUT2D eigenvalue weighted by atomic mass is 32.2. The number of nitrogens with zero attached hydrogens (tertiary/aromatic N) is 1. The van der Waals surface area contributed by atoms with Gasteiger partial charge in [-0.05, 0) is 31.0 Å². The predicted octanol–water partition coefficient (Wildman–Crippen LogP) is 1.23. The zero-order valence-corrected chi connectivity index (χ0v) is 12.7. The highest BCUT2D eigenvalue weighted by molar-refractivity contribution is 7.89. The molecule has 0 radical (unpaired) electrons. The number of aliphatic hydroxyl groups is 1. The zero-order valence-electron chi connectivity index (χ0n) is 11.8. The summed E-state index contributed by atoms with van der Waals surface area (Å²) in [6, 6.07) is 1.90. The molecule has 0 aliphatic rings. The van der Waals surface area contributed by atoms with Crippen molar-refractivity contribution in [2.24, 2.45) is 0 Å². The van der Waals surface area contributed by atoms with Gasteiger partial charge in [0.05, 0.1) is 17.1 Å². The van der Waals surface area contributed by atoms with Gasteiger partial charge >= 0.3 is 5.97 Å². The standard InChI is InChI=1S/C13H18FNO5S/c1-3-4-15(5-6-16)21(19,20)10-7-9(2)12(14)11(8-10)13(17)18/h7-8,16H,3-6H2,1-2H3,(H,17,18). The van der Waals surface area contributed by atoms with Crippen LogP contribution in [0.15, 0.2) is 17.0 Å². The van der Waals surface area contributed by atoms with E-state index in [1.165, 1.54) is 6.92 Å². The minimum atomic E-state index is -3.98. The fourth-order valence-electron chi connectivity index (χ4n) is 1.90. The first-order valence-electron chi connectivity index (χ1n) is 6.40. The second-order valence-corrected chi connectivity index (χ2v) is 6.47. The van der Waals surface area contributed by atoms with E-state index < -0.39 is 27.4 Å². The predicted molar refractivity (Wildman–Crippen MR) is 74.2 cm³/mol. The zero-order chi connectivity index (χ0) is 16.2. The van der Waals surface area contributed by atoms with E-state index in [2.05, 4.69) is 0 Å². The maximum atomic E-state index is 13.7. The largest absolute Gasteiger partial charge is 0.478 e. The molecule has 0 heterocycles. The number of carboxylic acid groups (broad SMARTS) is 1. The lowest BCUT2D eigenvalue weighted by molar-refractivity contribution is 0.0691. The Kier molecular flexibility index (Phi) is 5.82. The molecule has 0 unspecified atom stereocenters. The summed E-state index contributed by atoms with van der Waals surface area (Å²) in [5, 5.41) is 17.9. The number of aromatic carboxylic acids is 1. The van der Waals surface area contributed by atoms with Gasteiger partial charge < -0.3 is 10.2 Å². The summed E-state index contributed by atoms with van der Waals surface area (Å²) in [5.41, 5.74) is -0.747. The Morgan fingerprint density at radius 1 is 1.33 bits per heavy atom. The average molecular weight is 319 g/mol. The summed E-state index contributed by atoms with van der Waals surface area (Å²) in [5.74, 6) is -2.48. The summed E-state index contributed by atoms with van der Waals surface area (Å²) in [7, 11) is -3.98. The molecule has 1 aromatic rings. The third-order valence-electron chi connectivity index (χ3n) is 2.92. The number of halogens is 1. The van der Waals surface area contributed by atoms with E-state index in [-0.39, 0.29) is 30.2 Å². The first kappa shape index (κ1) is 17.5. The Labute approximate surface area is 122 Å². The molecule has 0 saturated carbocycles. The molecule has 118 valence electrons. The van der Waals surface area contributed by atoms with Crippen LogP contribution in [0.3, 0.4) is 0 Å². The van der Waals surface area contributed by atoms with Crippen LogP contribution in [0, 0.1) is 12.7 Å². The molecule has 0 saturated heterocycles. The molecule has 8 heteroatoms. The highest BCUT2D eigenvalue weighted by Crippen LogP contribution is 2.22. The molecule has 0 aliphatic carbocycles. The quantitative estimate of drug-likeness (QED) is 0.788. The molecule has 1 aromatic carbocycles. The molecule has 0 aromatic heterocycles. The van der Waals surface area contributed by atoms with Gasteiger partial charge in [0.2, 0.25) is 10.0 Å². The number of hydrogen-bond acceptors (Lipinski definition) is 4. The lowest BCUT2D eigenvalue weighted by Gasteiger charge is -2.21. The topological polar surface area (TPSA) is 94.9 Å². The maximum absolute atomic E-state index is 13.7. The summed E-state index contributed by atoms with van der Waals surface area (Å²) >= 11 is 0. The van der Waals surface area contributed by atoms with Crippen LogP contribution in [-0.2, 0) is 10.0 Å². The van der Waals surface area contributed by atoms with Gasteiger partial charge in [-0.2, -0.15) is 4.31 Å². The molecule has 0 bridgehead atoms. The van der Waals surface area contributed by atoms with Gasteiger partial charge in [-0.25, -0.2) is 17.6 Å². The molecular formula is C13H18FNO5S. The molecule has 2 N–H and O–H groups in total. The van der Waals surface area contributed by atoms with Crippen LogP contribution in [0.2, 0.25) is 0 Å². The SMILES string of the molecule is CCCN(CCO)S(=O)(=O)c1cc(C)c(F)c(C(=O)O)c1. The van der Waals surface area contributed by atoms with Gasteiger partial charge in [-0.3, -0.25) is 0 Å². The number of sulfonamides is 1. The second-order valence-electron chi connectivity index (χ2n) is 4.53. The summed E-state index contributed by atoms with van der Waals surface area (Å²) in [4.78, 5) is 10.7. The maximum Gasteiger partial charge on any atom is 0.338 e. The Balaban J connectivity index is 3.40. The second kappa shape index (κ2) is 6.97. The summed E-state index contributed by atoms with van der Waals surface area (Å²) < 4.78 is 39.6. The number of rotatable bonds is 7. The van der Waals surface area contributed by atoms with E-state index in [1.54, 1.807) is 6.92 Å². The van der Waals surface area contributed by atoms with E-state index in [4.69, 9.17) is 10.2 Å². The number of aliphatic hydroxyl groups excluding tert-OH is 1. The van der Waals surface area contributed by atoms with E-state index in [9.17, 15) is 17.6 Å². The van der Waals surface area contributed by atoms with Crippen LogP contribution in [0.1, 0.15) is 29.3 Å². The Morgan fingerprint density at radius 2 is 1.95 bits per heavy atom. The Bertz CT molecular complexity index is 624. The average Bonchev–Trinajstić information content (AvgIpc) is 2.40. The molecule has 1 rings (SSSR count). The van der Waals surface area contributed by atoms with Gasteiger partial charge in [0.15, 0.2) is 0 Å². The van der Waals surface area contributed by atoms with Gasteiger partial charge in [-0.1, -0.05) is 6.92 Å². The van der Waals surface area contributed by atoms with E-state index in [1.807, 2.05) is 0 Å². The van der Waals surface area contributed by atoms with Crippen molar-refractivity contribution in [1.29, 1.82) is 0 Å². The molecule has 0 atom stereocenters. The van der Waals surface area contributed by atoms with Crippen LogP contribution in [0.5, 0.6) is 0 Å². The monoisotopic (exact) mass is 319 g/mol. The molecule has 21 heavy (non-hydrogen) atoms. The number of carboxylic acids is 1. The van der Waals surface area contributed by atoms with Crippen LogP contribution in [-0.4, -0.2) is 48.6 Å². The van der Waals surface area contributed by atoms with Gasteiger partial charge in [-0.15, -0.1) is 0 Å². The molecular weight excluding hydrogens is 301 g/mol. The Hall–Kier alpha value is -1.51. The first-order chi connectivity index (χ1) is 9.75. The Morgan fingerprint density at radius 3 is 2.43 bits per heavy atom. The number of benzene rings is 1.